The van der Waals surface area contributed by atoms with Gasteiger partial charge in [0.15, 0.2) is 0 Å². The van der Waals surface area contributed by atoms with Gasteiger partial charge in [-0.25, -0.2) is 4.79 Å². The molecule has 0 heterocycles. The summed E-state index contributed by atoms with van der Waals surface area (Å²) in [5.41, 5.74) is 2.04. The fourth-order valence-corrected chi connectivity index (χ4v) is 4.11. The summed E-state index contributed by atoms with van der Waals surface area (Å²) in [6.07, 6.45) is 9.36. The first-order chi connectivity index (χ1) is 18.0. The Bertz CT molecular complexity index is 917. The Morgan fingerprint density at radius 3 is 2.05 bits per heavy atom. The minimum Gasteiger partial charge on any atom is -0.459 e. The molecule has 0 saturated carbocycles. The number of nitrogens with one attached hydrogen (secondary N) is 1. The third kappa shape index (κ3) is 13.1. The minimum absolute atomic E-state index is 0.0573. The SMILES string of the molecule is CCCCCCCCCC(=O)NC(CCC(=O)N(C)CCc1ccccc1)C(=O)OCc1ccccc1. The summed E-state index contributed by atoms with van der Waals surface area (Å²) >= 11 is 0. The number of unbranched alkanes of at least 4 members (excludes halogenated alkanes) is 6. The maximum Gasteiger partial charge on any atom is 0.328 e. The third-order valence-corrected chi connectivity index (χ3v) is 6.50. The number of nitrogens with zero attached hydrogens (tertiary/aromatic N) is 1. The number of ether oxygens (including phenoxy) is 1. The number of carbonyl (C=O) groups excluding carboxylic acids is 3. The second-order valence-corrected chi connectivity index (χ2v) is 9.67. The molecule has 2 rings (SSSR count). The highest BCUT2D eigenvalue weighted by atomic mass is 16.5. The zero-order valence-corrected chi connectivity index (χ0v) is 22.6. The Morgan fingerprint density at radius 2 is 1.41 bits per heavy atom. The van der Waals surface area contributed by atoms with Crippen LogP contribution in [0.3, 0.4) is 0 Å². The molecule has 0 aliphatic heterocycles. The van der Waals surface area contributed by atoms with E-state index >= 15 is 0 Å². The van der Waals surface area contributed by atoms with Crippen molar-refractivity contribution in [3.05, 3.63) is 71.8 Å². The van der Waals surface area contributed by atoms with Gasteiger partial charge in [0.25, 0.3) is 0 Å². The van der Waals surface area contributed by atoms with Crippen molar-refractivity contribution in [2.45, 2.75) is 90.2 Å². The molecule has 1 N–H and O–H groups in total. The Labute approximate surface area is 222 Å². The van der Waals surface area contributed by atoms with E-state index < -0.39 is 12.0 Å². The number of rotatable bonds is 18. The molecule has 0 aromatic heterocycles. The Kier molecular flexibility index (Phi) is 14.8. The zero-order chi connectivity index (χ0) is 26.7. The molecule has 2 aromatic rings. The summed E-state index contributed by atoms with van der Waals surface area (Å²) in [6, 6.07) is 18.6. The van der Waals surface area contributed by atoms with Gasteiger partial charge in [0, 0.05) is 26.4 Å². The van der Waals surface area contributed by atoms with Crippen LogP contribution in [-0.2, 0) is 32.1 Å². The van der Waals surface area contributed by atoms with Crippen LogP contribution in [0.15, 0.2) is 60.7 Å². The van der Waals surface area contributed by atoms with E-state index in [4.69, 9.17) is 4.74 Å². The van der Waals surface area contributed by atoms with Gasteiger partial charge in [-0.1, -0.05) is 106 Å². The van der Waals surface area contributed by atoms with Gasteiger partial charge >= 0.3 is 5.97 Å². The van der Waals surface area contributed by atoms with Crippen LogP contribution in [0, 0.1) is 0 Å². The number of hydrogen-bond donors (Lipinski definition) is 1. The lowest BCUT2D eigenvalue weighted by Crippen LogP contribution is -2.42. The smallest absolute Gasteiger partial charge is 0.328 e. The molecule has 0 radical (unpaired) electrons. The highest BCUT2D eigenvalue weighted by molar-refractivity contribution is 5.85. The van der Waals surface area contributed by atoms with Crippen LogP contribution in [0.4, 0.5) is 0 Å². The lowest BCUT2D eigenvalue weighted by atomic mass is 10.1. The Morgan fingerprint density at radius 1 is 0.811 bits per heavy atom. The Balaban J connectivity index is 1.83. The van der Waals surface area contributed by atoms with Crippen LogP contribution in [-0.4, -0.2) is 42.3 Å². The van der Waals surface area contributed by atoms with E-state index in [2.05, 4.69) is 12.2 Å². The number of hydrogen-bond acceptors (Lipinski definition) is 4. The molecule has 0 saturated heterocycles. The van der Waals surface area contributed by atoms with Crippen molar-refractivity contribution in [2.75, 3.05) is 13.6 Å². The summed E-state index contributed by atoms with van der Waals surface area (Å²) in [6.45, 7) is 2.92. The molecule has 6 heteroatoms. The molecule has 6 nitrogen and oxygen atoms in total. The van der Waals surface area contributed by atoms with Gasteiger partial charge in [-0.05, 0) is 30.4 Å². The van der Waals surface area contributed by atoms with Crippen molar-refractivity contribution in [2.24, 2.45) is 0 Å². The number of carbonyl (C=O) groups is 3. The van der Waals surface area contributed by atoms with Crippen LogP contribution in [0.5, 0.6) is 0 Å². The Hall–Kier alpha value is -3.15. The van der Waals surface area contributed by atoms with Crippen molar-refractivity contribution in [1.82, 2.24) is 10.2 Å². The summed E-state index contributed by atoms with van der Waals surface area (Å²) in [7, 11) is 1.77. The molecule has 1 atom stereocenters. The molecule has 2 aromatic carbocycles. The average molecular weight is 509 g/mol. The van der Waals surface area contributed by atoms with Gasteiger partial charge in [-0.2, -0.15) is 0 Å². The van der Waals surface area contributed by atoms with E-state index in [0.29, 0.717) is 13.0 Å². The normalized spacial score (nSPS) is 11.5. The fraction of sp³-hybridized carbons (Fsp3) is 0.516. The largest absolute Gasteiger partial charge is 0.459 e. The minimum atomic E-state index is -0.841. The van der Waals surface area contributed by atoms with Gasteiger partial charge < -0.3 is 15.0 Å². The molecule has 2 amide bonds. The monoisotopic (exact) mass is 508 g/mol. The fourth-order valence-electron chi connectivity index (χ4n) is 4.11. The lowest BCUT2D eigenvalue weighted by molar-refractivity contribution is -0.149. The number of esters is 1. The quantitative estimate of drug-likeness (QED) is 0.203. The van der Waals surface area contributed by atoms with Crippen molar-refractivity contribution in [1.29, 1.82) is 0 Å². The topological polar surface area (TPSA) is 75.7 Å². The first-order valence-electron chi connectivity index (χ1n) is 13.8. The summed E-state index contributed by atoms with van der Waals surface area (Å²) < 4.78 is 5.49. The van der Waals surface area contributed by atoms with E-state index in [9.17, 15) is 14.4 Å². The maximum atomic E-state index is 12.9. The van der Waals surface area contributed by atoms with Crippen molar-refractivity contribution < 1.29 is 19.1 Å². The van der Waals surface area contributed by atoms with Crippen molar-refractivity contribution in [3.8, 4) is 0 Å². The third-order valence-electron chi connectivity index (χ3n) is 6.50. The van der Waals surface area contributed by atoms with Crippen LogP contribution in [0.25, 0.3) is 0 Å². The molecule has 202 valence electrons. The first-order valence-corrected chi connectivity index (χ1v) is 13.8. The number of likely N-dealkylation sites (N-methyl/N-ethyl adjacent to an activating group) is 1. The lowest BCUT2D eigenvalue weighted by Gasteiger charge is -2.21. The van der Waals surface area contributed by atoms with Crippen LogP contribution < -0.4 is 5.32 Å². The number of amides is 2. The average Bonchev–Trinajstić information content (AvgIpc) is 2.93. The standard InChI is InChI=1S/C31H44N2O4/c1-3-4-5-6-7-8-15-20-29(34)32-28(31(36)37-25-27-18-13-10-14-19-27)21-22-30(35)33(2)24-23-26-16-11-9-12-17-26/h9-14,16-19,28H,3-8,15,20-25H2,1-2H3,(H,32,34). The second kappa shape index (κ2) is 18.1. The summed E-state index contributed by atoms with van der Waals surface area (Å²) in [5, 5.41) is 2.83. The molecule has 0 fully saturated rings. The van der Waals surface area contributed by atoms with Crippen LogP contribution in [0.2, 0.25) is 0 Å². The highest BCUT2D eigenvalue weighted by Crippen LogP contribution is 2.11. The van der Waals surface area contributed by atoms with Gasteiger partial charge in [-0.15, -0.1) is 0 Å². The second-order valence-electron chi connectivity index (χ2n) is 9.67. The molecule has 1 unspecified atom stereocenters. The zero-order valence-electron chi connectivity index (χ0n) is 22.6. The molecular formula is C31H44N2O4. The van der Waals surface area contributed by atoms with Crippen LogP contribution >= 0.6 is 0 Å². The van der Waals surface area contributed by atoms with Gasteiger partial charge in [-0.3, -0.25) is 9.59 Å². The molecule has 0 bridgehead atoms. The van der Waals surface area contributed by atoms with Gasteiger partial charge in [0.1, 0.15) is 12.6 Å². The predicted octanol–water partition coefficient (Wildman–Crippen LogP) is 5.84. The van der Waals surface area contributed by atoms with Crippen molar-refractivity contribution in [3.63, 3.8) is 0 Å². The molecular weight excluding hydrogens is 464 g/mol. The molecule has 37 heavy (non-hydrogen) atoms. The maximum absolute atomic E-state index is 12.9. The van der Waals surface area contributed by atoms with E-state index in [1.54, 1.807) is 11.9 Å². The molecule has 0 aliphatic rings. The molecule has 0 spiro atoms. The first kappa shape index (κ1) is 30.1. The van der Waals surface area contributed by atoms with Gasteiger partial charge in [0.05, 0.1) is 0 Å². The van der Waals surface area contributed by atoms with E-state index in [0.717, 1.165) is 31.2 Å². The summed E-state index contributed by atoms with van der Waals surface area (Å²) in [5.74, 6) is -0.727. The number of benzene rings is 2. The predicted molar refractivity (Wildman–Crippen MR) is 148 cm³/mol. The van der Waals surface area contributed by atoms with Crippen LogP contribution in [0.1, 0.15) is 82.3 Å². The van der Waals surface area contributed by atoms with E-state index in [-0.39, 0.29) is 31.3 Å². The summed E-state index contributed by atoms with van der Waals surface area (Å²) in [4.78, 5) is 39.9. The van der Waals surface area contributed by atoms with E-state index in [1.807, 2.05) is 60.7 Å². The highest BCUT2D eigenvalue weighted by Gasteiger charge is 2.24. The van der Waals surface area contributed by atoms with Gasteiger partial charge in [0.2, 0.25) is 11.8 Å². The van der Waals surface area contributed by atoms with Crippen molar-refractivity contribution >= 4 is 17.8 Å². The van der Waals surface area contributed by atoms with E-state index in [1.165, 1.54) is 31.2 Å². The molecule has 0 aliphatic carbocycles.